The van der Waals surface area contributed by atoms with Crippen molar-refractivity contribution in [3.05, 3.63) is 115 Å². The summed E-state index contributed by atoms with van der Waals surface area (Å²) in [6.45, 7) is 0. The zero-order valence-corrected chi connectivity index (χ0v) is 16.6. The molecule has 0 aliphatic carbocycles. The Bertz CT molecular complexity index is 1300. The van der Waals surface area contributed by atoms with E-state index >= 15 is 0 Å². The highest BCUT2D eigenvalue weighted by molar-refractivity contribution is 7.96. The topological polar surface area (TPSA) is 137 Å². The number of hydrogen-bond donors (Lipinski definition) is 0. The molecule has 0 heterocycles. The van der Waals surface area contributed by atoms with Crippen molar-refractivity contribution < 1.29 is 23.1 Å². The first kappa shape index (κ1) is 21.5. The van der Waals surface area contributed by atoms with Gasteiger partial charge in [-0.05, 0) is 36.4 Å². The first-order chi connectivity index (χ1) is 14.7. The fourth-order valence-corrected chi connectivity index (χ4v) is 4.20. The number of sulfone groups is 1. The molecule has 0 spiro atoms. The smallest absolute Gasteiger partial charge is 0.276 e. The molecule has 0 aromatic heterocycles. The summed E-state index contributed by atoms with van der Waals surface area (Å²) in [6, 6.07) is 17.0. The van der Waals surface area contributed by atoms with Gasteiger partial charge in [0.1, 0.15) is 4.91 Å². The van der Waals surface area contributed by atoms with Gasteiger partial charge >= 0.3 is 0 Å². The Labute approximate surface area is 176 Å². The second kappa shape index (κ2) is 8.67. The van der Waals surface area contributed by atoms with Crippen LogP contribution in [0.15, 0.2) is 88.7 Å². The van der Waals surface area contributed by atoms with Gasteiger partial charge in [0.05, 0.1) is 20.3 Å². The lowest BCUT2D eigenvalue weighted by Gasteiger charge is -2.09. The number of benzene rings is 3. The molecular formula is C21H14N2O7S. The van der Waals surface area contributed by atoms with Crippen LogP contribution in [-0.4, -0.2) is 24.0 Å². The van der Waals surface area contributed by atoms with Gasteiger partial charge in [0.15, 0.2) is 0 Å². The molecule has 0 unspecified atom stereocenters. The molecule has 0 amide bonds. The Hall–Kier alpha value is -4.18. The summed E-state index contributed by atoms with van der Waals surface area (Å²) in [5.74, 6) is -0.947. The molecule has 0 saturated carbocycles. The number of rotatable bonds is 7. The summed E-state index contributed by atoms with van der Waals surface area (Å²) >= 11 is 0. The van der Waals surface area contributed by atoms with E-state index < -0.39 is 30.4 Å². The number of carbonyl (C=O) groups excluding carboxylic acids is 1. The molecule has 0 atom stereocenters. The zero-order valence-electron chi connectivity index (χ0n) is 15.7. The molecule has 10 heteroatoms. The van der Waals surface area contributed by atoms with Gasteiger partial charge in [-0.2, -0.15) is 0 Å². The third kappa shape index (κ3) is 4.54. The van der Waals surface area contributed by atoms with Crippen LogP contribution in [0.1, 0.15) is 15.9 Å². The van der Waals surface area contributed by atoms with Crippen molar-refractivity contribution in [2.75, 3.05) is 0 Å². The van der Waals surface area contributed by atoms with E-state index in [0.29, 0.717) is 0 Å². The highest BCUT2D eigenvalue weighted by Gasteiger charge is 2.29. The Balaban J connectivity index is 2.21. The maximum atomic E-state index is 13.2. The number of non-ortho nitro benzene ring substituents is 1. The van der Waals surface area contributed by atoms with E-state index in [9.17, 15) is 33.4 Å². The molecule has 3 aromatic rings. The van der Waals surface area contributed by atoms with E-state index in [1.54, 1.807) is 6.07 Å². The zero-order chi connectivity index (χ0) is 22.6. The quantitative estimate of drug-likeness (QED) is 0.233. The van der Waals surface area contributed by atoms with Crippen molar-refractivity contribution in [3.8, 4) is 0 Å². The van der Waals surface area contributed by atoms with Crippen molar-refractivity contribution in [2.45, 2.75) is 4.90 Å². The minimum absolute atomic E-state index is 0.0720. The molecule has 0 aliphatic rings. The van der Waals surface area contributed by atoms with Gasteiger partial charge in [0, 0.05) is 23.8 Å². The molecular weight excluding hydrogens is 424 g/mol. The van der Waals surface area contributed by atoms with Gasteiger partial charge in [-0.3, -0.25) is 25.0 Å². The molecule has 0 saturated heterocycles. The van der Waals surface area contributed by atoms with Crippen molar-refractivity contribution >= 4 is 33.1 Å². The second-order valence-electron chi connectivity index (χ2n) is 6.27. The minimum Gasteiger partial charge on any atom is -0.288 e. The maximum Gasteiger partial charge on any atom is 0.276 e. The van der Waals surface area contributed by atoms with Crippen LogP contribution in [0, 0.1) is 20.2 Å². The molecule has 0 N–H and O–H groups in total. The first-order valence-corrected chi connectivity index (χ1v) is 10.2. The number of hydrogen-bond acceptors (Lipinski definition) is 7. The van der Waals surface area contributed by atoms with Crippen molar-refractivity contribution in [3.63, 3.8) is 0 Å². The Kier molecular flexibility index (Phi) is 6.02. The molecule has 0 aliphatic heterocycles. The summed E-state index contributed by atoms with van der Waals surface area (Å²) in [5.41, 5.74) is -0.835. The largest absolute Gasteiger partial charge is 0.288 e. The van der Waals surface area contributed by atoms with E-state index in [-0.39, 0.29) is 27.4 Å². The van der Waals surface area contributed by atoms with Crippen LogP contribution in [0.5, 0.6) is 0 Å². The number of nitro benzene ring substituents is 2. The van der Waals surface area contributed by atoms with Gasteiger partial charge in [-0.25, -0.2) is 8.42 Å². The average molecular weight is 438 g/mol. The fraction of sp³-hybridized carbons (Fsp3) is 0. The highest BCUT2D eigenvalue weighted by Crippen LogP contribution is 2.28. The summed E-state index contributed by atoms with van der Waals surface area (Å²) in [6.07, 6.45) is 0.949. The molecule has 9 nitrogen and oxygen atoms in total. The third-order valence-corrected chi connectivity index (χ3v) is 6.10. The van der Waals surface area contributed by atoms with E-state index in [2.05, 4.69) is 0 Å². The summed E-state index contributed by atoms with van der Waals surface area (Å²) in [5, 5.41) is 22.2. The van der Waals surface area contributed by atoms with E-state index in [1.807, 2.05) is 0 Å². The lowest BCUT2D eigenvalue weighted by atomic mass is 10.1. The average Bonchev–Trinajstić information content (AvgIpc) is 2.77. The molecule has 0 bridgehead atoms. The maximum absolute atomic E-state index is 13.2. The van der Waals surface area contributed by atoms with Crippen LogP contribution in [0.2, 0.25) is 0 Å². The third-order valence-electron chi connectivity index (χ3n) is 4.33. The molecule has 3 rings (SSSR count). The standard InChI is InChI=1S/C21H14N2O7S/c24-21(15-10-12-17(13-11-15)22(25)26)20(31(29,30)18-7-2-1-3-8-18)14-16-6-4-5-9-19(16)23(27)28/h1-14H/b20-14+. The van der Waals surface area contributed by atoms with Crippen LogP contribution in [0.3, 0.4) is 0 Å². The Morgan fingerprint density at radius 2 is 1.35 bits per heavy atom. The predicted octanol–water partition coefficient (Wildman–Crippen LogP) is 4.20. The summed E-state index contributed by atoms with van der Waals surface area (Å²) < 4.78 is 26.5. The van der Waals surface area contributed by atoms with Crippen molar-refractivity contribution in [2.24, 2.45) is 0 Å². The lowest BCUT2D eigenvalue weighted by molar-refractivity contribution is -0.385. The van der Waals surface area contributed by atoms with Crippen LogP contribution in [0.4, 0.5) is 11.4 Å². The number of Topliss-reactive ketones (excluding diaryl/α,β-unsaturated/α-hetero) is 1. The molecule has 0 fully saturated rings. The number of nitrogens with zero attached hydrogens (tertiary/aromatic N) is 2. The number of allylic oxidation sites excluding steroid dienone is 1. The van der Waals surface area contributed by atoms with Crippen molar-refractivity contribution in [1.82, 2.24) is 0 Å². The first-order valence-electron chi connectivity index (χ1n) is 8.76. The number of carbonyl (C=O) groups is 1. The highest BCUT2D eigenvalue weighted by atomic mass is 32.2. The second-order valence-corrected chi connectivity index (χ2v) is 8.19. The number of nitro groups is 2. The number of para-hydroxylation sites is 1. The predicted molar refractivity (Wildman–Crippen MR) is 112 cm³/mol. The van der Waals surface area contributed by atoms with Crippen LogP contribution in [0.25, 0.3) is 6.08 Å². The minimum atomic E-state index is -4.36. The normalized spacial score (nSPS) is 11.7. The van der Waals surface area contributed by atoms with Crippen LogP contribution in [-0.2, 0) is 9.84 Å². The van der Waals surface area contributed by atoms with Gasteiger partial charge in [0.2, 0.25) is 15.6 Å². The van der Waals surface area contributed by atoms with Gasteiger partial charge in [-0.1, -0.05) is 30.3 Å². The van der Waals surface area contributed by atoms with Gasteiger partial charge in [-0.15, -0.1) is 0 Å². The fourth-order valence-electron chi connectivity index (χ4n) is 2.79. The Morgan fingerprint density at radius 3 is 1.94 bits per heavy atom. The summed E-state index contributed by atoms with van der Waals surface area (Å²) in [4.78, 5) is 33.1. The van der Waals surface area contributed by atoms with E-state index in [0.717, 1.165) is 30.3 Å². The lowest BCUT2D eigenvalue weighted by Crippen LogP contribution is -2.14. The van der Waals surface area contributed by atoms with Crippen LogP contribution >= 0.6 is 0 Å². The molecule has 0 radical (unpaired) electrons. The number of ketones is 1. The van der Waals surface area contributed by atoms with Crippen molar-refractivity contribution in [1.29, 1.82) is 0 Å². The monoisotopic (exact) mass is 438 g/mol. The van der Waals surface area contributed by atoms with Crippen LogP contribution < -0.4 is 0 Å². The van der Waals surface area contributed by atoms with Gasteiger partial charge in [0.25, 0.3) is 11.4 Å². The van der Waals surface area contributed by atoms with Gasteiger partial charge < -0.3 is 0 Å². The Morgan fingerprint density at radius 1 is 0.774 bits per heavy atom. The van der Waals surface area contributed by atoms with E-state index in [1.165, 1.54) is 48.5 Å². The van der Waals surface area contributed by atoms with E-state index in [4.69, 9.17) is 0 Å². The molecule has 3 aromatic carbocycles. The molecule has 156 valence electrons. The molecule has 31 heavy (non-hydrogen) atoms. The summed E-state index contributed by atoms with van der Waals surface area (Å²) in [7, 11) is -4.36. The SMILES string of the molecule is O=C(/C(=C\c1ccccc1[N+](=O)[O-])S(=O)(=O)c1ccccc1)c1ccc([N+](=O)[O-])cc1.